The van der Waals surface area contributed by atoms with Gasteiger partial charge in [-0.3, -0.25) is 4.79 Å². The van der Waals surface area contributed by atoms with Crippen molar-refractivity contribution in [1.29, 1.82) is 0 Å². The van der Waals surface area contributed by atoms with Crippen molar-refractivity contribution in [2.24, 2.45) is 0 Å². The number of rotatable bonds is 13. The molecule has 0 aliphatic rings. The van der Waals surface area contributed by atoms with Gasteiger partial charge < -0.3 is 31.8 Å². The highest BCUT2D eigenvalue weighted by Gasteiger charge is 2.44. The highest BCUT2D eigenvalue weighted by Crippen LogP contribution is 2.56. The third kappa shape index (κ3) is 7.50. The van der Waals surface area contributed by atoms with E-state index in [1.165, 1.54) is 15.9 Å². The average Bonchev–Trinajstić information content (AvgIpc) is 2.99. The number of carbonyl (C=O) groups excluding carboxylic acids is 1. The Morgan fingerprint density at radius 3 is 1.62 bits per heavy atom. The Morgan fingerprint density at radius 1 is 0.641 bits per heavy atom. The van der Waals surface area contributed by atoms with Gasteiger partial charge in [-0.2, -0.15) is 0 Å². The topological polar surface area (TPSA) is 47.6 Å². The van der Waals surface area contributed by atoms with Gasteiger partial charge in [0, 0.05) is 12.1 Å². The monoisotopic (exact) mass is 605 g/mol. The van der Waals surface area contributed by atoms with Crippen molar-refractivity contribution >= 4 is 29.1 Å². The molecule has 0 spiro atoms. The summed E-state index contributed by atoms with van der Waals surface area (Å²) in [5.41, 5.74) is 0.575. The standard InChI is InChI=1S/C33H36NO3P.BrH/c1-36-31-23-22-27(26-32(31)37-2)33(35)34-24-14-3-4-15-25-38(28-16-8-5-9-17-28,29-18-10-6-11-19-29)30-20-12-7-13-21-30;/h5-13,16-23,26H,3-4,14-15,24-25H2,1-2H3;1H. The van der Waals surface area contributed by atoms with Gasteiger partial charge in [0.15, 0.2) is 11.5 Å². The molecule has 39 heavy (non-hydrogen) atoms. The molecule has 0 fully saturated rings. The Balaban J connectivity index is 0.00000420. The lowest BCUT2D eigenvalue weighted by molar-refractivity contribution is -0.0000164. The Hall–Kier alpha value is -3.14. The van der Waals surface area contributed by atoms with E-state index in [0.717, 1.165) is 31.8 Å². The predicted octanol–water partition coefficient (Wildman–Crippen LogP) is 2.99. The summed E-state index contributed by atoms with van der Waals surface area (Å²) in [4.78, 5) is 12.6. The van der Waals surface area contributed by atoms with Crippen LogP contribution in [0.3, 0.4) is 0 Å². The van der Waals surface area contributed by atoms with Crippen molar-refractivity contribution in [3.63, 3.8) is 0 Å². The number of hydrogen-bond donors (Lipinski definition) is 1. The van der Waals surface area contributed by atoms with Gasteiger partial charge in [-0.1, -0.05) is 61.0 Å². The molecule has 0 radical (unpaired) electrons. The molecule has 1 amide bonds. The Labute approximate surface area is 243 Å². The Morgan fingerprint density at radius 2 is 1.13 bits per heavy atom. The van der Waals surface area contributed by atoms with Crippen molar-refractivity contribution in [1.82, 2.24) is 5.32 Å². The van der Waals surface area contributed by atoms with Crippen LogP contribution in [-0.2, 0) is 0 Å². The van der Waals surface area contributed by atoms with Crippen LogP contribution < -0.4 is 47.7 Å². The van der Waals surface area contributed by atoms with Crippen LogP contribution in [0.2, 0.25) is 0 Å². The number of nitrogens with one attached hydrogen (secondary N) is 1. The van der Waals surface area contributed by atoms with E-state index in [-0.39, 0.29) is 22.9 Å². The predicted molar refractivity (Wildman–Crippen MR) is 160 cm³/mol. The zero-order valence-electron chi connectivity index (χ0n) is 22.7. The van der Waals surface area contributed by atoms with Gasteiger partial charge in [0.1, 0.15) is 23.2 Å². The minimum absolute atomic E-state index is 0. The van der Waals surface area contributed by atoms with Crippen molar-refractivity contribution in [2.75, 3.05) is 26.9 Å². The van der Waals surface area contributed by atoms with Crippen LogP contribution in [0, 0.1) is 0 Å². The molecular weight excluding hydrogens is 569 g/mol. The maximum atomic E-state index is 12.6. The van der Waals surface area contributed by atoms with Crippen LogP contribution in [0.15, 0.2) is 109 Å². The first-order valence-corrected chi connectivity index (χ1v) is 15.2. The normalized spacial score (nSPS) is 10.8. The molecule has 4 aromatic rings. The van der Waals surface area contributed by atoms with E-state index in [1.807, 2.05) is 0 Å². The fourth-order valence-corrected chi connectivity index (χ4v) is 9.40. The van der Waals surface area contributed by atoms with E-state index in [4.69, 9.17) is 9.47 Å². The first-order valence-electron chi connectivity index (χ1n) is 13.2. The number of amides is 1. The summed E-state index contributed by atoms with van der Waals surface area (Å²) >= 11 is 0. The zero-order valence-corrected chi connectivity index (χ0v) is 25.2. The van der Waals surface area contributed by atoms with Crippen molar-refractivity contribution < 1.29 is 31.2 Å². The second kappa shape index (κ2) is 15.5. The summed E-state index contributed by atoms with van der Waals surface area (Å²) in [6.45, 7) is 0.656. The molecule has 0 saturated heterocycles. The number of benzene rings is 4. The van der Waals surface area contributed by atoms with Crippen LogP contribution in [0.1, 0.15) is 36.0 Å². The largest absolute Gasteiger partial charge is 1.00 e. The molecule has 0 aliphatic carbocycles. The van der Waals surface area contributed by atoms with Gasteiger partial charge in [-0.25, -0.2) is 0 Å². The summed E-state index contributed by atoms with van der Waals surface area (Å²) in [7, 11) is 1.39. The number of ether oxygens (including phenoxy) is 2. The van der Waals surface area contributed by atoms with Crippen LogP contribution in [0.5, 0.6) is 11.5 Å². The average molecular weight is 607 g/mol. The van der Waals surface area contributed by atoms with Gasteiger partial charge in [-0.05, 0) is 73.9 Å². The number of halogens is 1. The molecule has 0 aliphatic heterocycles. The smallest absolute Gasteiger partial charge is 0.251 e. The fraction of sp³-hybridized carbons (Fsp3) is 0.242. The number of carbonyl (C=O) groups is 1. The summed E-state index contributed by atoms with van der Waals surface area (Å²) in [5, 5.41) is 7.33. The van der Waals surface area contributed by atoms with E-state index in [2.05, 4.69) is 96.3 Å². The molecule has 1 N–H and O–H groups in total. The van der Waals surface area contributed by atoms with Crippen LogP contribution in [-0.4, -0.2) is 32.8 Å². The molecule has 4 aromatic carbocycles. The minimum atomic E-state index is -1.77. The van der Waals surface area contributed by atoms with E-state index < -0.39 is 7.26 Å². The van der Waals surface area contributed by atoms with Gasteiger partial charge in [0.25, 0.3) is 5.91 Å². The molecule has 4 rings (SSSR count). The highest BCUT2D eigenvalue weighted by atomic mass is 79.9. The van der Waals surface area contributed by atoms with Crippen molar-refractivity contribution in [2.45, 2.75) is 25.7 Å². The van der Waals surface area contributed by atoms with Crippen molar-refractivity contribution in [3.8, 4) is 11.5 Å². The van der Waals surface area contributed by atoms with E-state index in [1.54, 1.807) is 32.4 Å². The number of unbranched alkanes of at least 4 members (excludes halogenated alkanes) is 3. The summed E-state index contributed by atoms with van der Waals surface area (Å²) in [6.07, 6.45) is 5.41. The van der Waals surface area contributed by atoms with Crippen molar-refractivity contribution in [3.05, 3.63) is 115 Å². The van der Waals surface area contributed by atoms with Gasteiger partial charge in [-0.15, -0.1) is 0 Å². The Bertz CT molecular complexity index is 1190. The van der Waals surface area contributed by atoms with Crippen LogP contribution in [0.25, 0.3) is 0 Å². The first kappa shape index (κ1) is 30.4. The quantitative estimate of drug-likeness (QED) is 0.188. The van der Waals surface area contributed by atoms with Gasteiger partial charge >= 0.3 is 0 Å². The number of methoxy groups -OCH3 is 2. The first-order chi connectivity index (χ1) is 18.7. The maximum Gasteiger partial charge on any atom is 0.251 e. The molecule has 0 unspecified atom stereocenters. The summed E-state index contributed by atoms with van der Waals surface area (Å²) in [5.74, 6) is 1.08. The minimum Gasteiger partial charge on any atom is -1.00 e. The molecule has 0 heterocycles. The lowest BCUT2D eigenvalue weighted by atomic mass is 10.1. The van der Waals surface area contributed by atoms with E-state index >= 15 is 0 Å². The fourth-order valence-electron chi connectivity index (χ4n) is 4.99. The highest BCUT2D eigenvalue weighted by molar-refractivity contribution is 7.95. The SMILES string of the molecule is COc1ccc(C(=O)NCCCCCC[P+](c2ccccc2)(c2ccccc2)c2ccccc2)cc1OC.[Br-]. The molecule has 6 heteroatoms. The third-order valence-electron chi connectivity index (χ3n) is 6.94. The summed E-state index contributed by atoms with van der Waals surface area (Å²) in [6, 6.07) is 38.3. The van der Waals surface area contributed by atoms with E-state index in [9.17, 15) is 4.79 Å². The third-order valence-corrected chi connectivity index (χ3v) is 11.5. The van der Waals surface area contributed by atoms with Crippen LogP contribution >= 0.6 is 7.26 Å². The lowest BCUT2D eigenvalue weighted by Gasteiger charge is -2.27. The summed E-state index contributed by atoms with van der Waals surface area (Å²) < 4.78 is 10.6. The maximum absolute atomic E-state index is 12.6. The molecule has 0 aromatic heterocycles. The van der Waals surface area contributed by atoms with Crippen LogP contribution in [0.4, 0.5) is 0 Å². The second-order valence-corrected chi connectivity index (χ2v) is 12.9. The second-order valence-electron chi connectivity index (χ2n) is 9.28. The molecule has 0 saturated carbocycles. The van der Waals surface area contributed by atoms with Gasteiger partial charge in [0.2, 0.25) is 0 Å². The van der Waals surface area contributed by atoms with E-state index in [0.29, 0.717) is 23.6 Å². The molecule has 4 nitrogen and oxygen atoms in total. The molecule has 0 bridgehead atoms. The zero-order chi connectivity index (χ0) is 26.6. The number of hydrogen-bond acceptors (Lipinski definition) is 3. The van der Waals surface area contributed by atoms with Gasteiger partial charge in [0.05, 0.1) is 20.4 Å². The lowest BCUT2D eigenvalue weighted by Crippen LogP contribution is -3.00. The Kier molecular flexibility index (Phi) is 12.0. The molecular formula is C33H37BrNO3P. The molecule has 0 atom stereocenters. The molecule has 204 valence electrons.